The number of hydrogen-bond acceptors (Lipinski definition) is 1. The molecule has 0 unspecified atom stereocenters. The Kier molecular flexibility index (Phi) is 6.03. The van der Waals surface area contributed by atoms with Crippen molar-refractivity contribution < 1.29 is 4.79 Å². The molecule has 0 saturated heterocycles. The molecule has 0 aromatic heterocycles. The van der Waals surface area contributed by atoms with E-state index in [9.17, 15) is 4.79 Å². The molecule has 0 bridgehead atoms. The zero-order valence-electron chi connectivity index (χ0n) is 11.2. The van der Waals surface area contributed by atoms with E-state index in [2.05, 4.69) is 25.7 Å². The first-order chi connectivity index (χ1) is 8.19. The molecule has 1 aliphatic rings. The average Bonchev–Trinajstić information content (AvgIpc) is 2.38. The van der Waals surface area contributed by atoms with Crippen LogP contribution in [0.1, 0.15) is 45.4 Å². The summed E-state index contributed by atoms with van der Waals surface area (Å²) in [6.07, 6.45) is 13.1. The van der Waals surface area contributed by atoms with Gasteiger partial charge >= 0.3 is 0 Å². The molecule has 2 nitrogen and oxygen atoms in total. The Morgan fingerprint density at radius 2 is 2.00 bits per heavy atom. The molecular formula is C15H25NO. The van der Waals surface area contributed by atoms with Crippen LogP contribution in [-0.4, -0.2) is 23.9 Å². The van der Waals surface area contributed by atoms with Gasteiger partial charge in [-0.25, -0.2) is 0 Å². The second-order valence-corrected chi connectivity index (χ2v) is 4.97. The van der Waals surface area contributed by atoms with Gasteiger partial charge in [0.1, 0.15) is 0 Å². The van der Waals surface area contributed by atoms with Crippen molar-refractivity contribution in [2.75, 3.05) is 7.05 Å². The van der Waals surface area contributed by atoms with Gasteiger partial charge in [-0.3, -0.25) is 4.79 Å². The molecular weight excluding hydrogens is 210 g/mol. The first kappa shape index (κ1) is 14.0. The Morgan fingerprint density at radius 1 is 1.35 bits per heavy atom. The quantitative estimate of drug-likeness (QED) is 0.527. The lowest BCUT2D eigenvalue weighted by atomic mass is 9.83. The number of likely N-dealkylation sites (N-methyl/N-ethyl adjacent to an activating group) is 1. The van der Waals surface area contributed by atoms with E-state index >= 15 is 0 Å². The van der Waals surface area contributed by atoms with Gasteiger partial charge in [0.15, 0.2) is 0 Å². The molecule has 2 heteroatoms. The van der Waals surface area contributed by atoms with Crippen molar-refractivity contribution in [1.29, 1.82) is 0 Å². The van der Waals surface area contributed by atoms with Gasteiger partial charge in [0.05, 0.1) is 0 Å². The summed E-state index contributed by atoms with van der Waals surface area (Å²) < 4.78 is 0. The molecule has 0 aliphatic heterocycles. The summed E-state index contributed by atoms with van der Waals surface area (Å²) in [5.74, 6) is 0.914. The van der Waals surface area contributed by atoms with Gasteiger partial charge in [0.25, 0.3) is 0 Å². The Hall–Kier alpha value is -1.05. The number of rotatable bonds is 5. The highest BCUT2D eigenvalue weighted by atomic mass is 16.2. The largest absolute Gasteiger partial charge is 0.339 e. The number of hydrogen-bond donors (Lipinski definition) is 0. The summed E-state index contributed by atoms with van der Waals surface area (Å²) in [7, 11) is 1.90. The van der Waals surface area contributed by atoms with Crippen LogP contribution in [0.5, 0.6) is 0 Å². The van der Waals surface area contributed by atoms with Crippen LogP contribution in [0.3, 0.4) is 0 Å². The summed E-state index contributed by atoms with van der Waals surface area (Å²) in [4.78, 5) is 13.4. The summed E-state index contributed by atoms with van der Waals surface area (Å²) in [6.45, 7) is 5.62. The normalized spacial score (nSPS) is 24.8. The minimum atomic E-state index is 0.0577. The standard InChI is InChI=1S/C15H25NO/c1-4-6-7-8-13-9-11-14(12-10-13)16(3)15(17)5-2/h4-6,13-14H,2,7-12H2,1,3H3/b6-4+. The lowest BCUT2D eigenvalue weighted by Gasteiger charge is -2.34. The Labute approximate surface area is 105 Å². The first-order valence-corrected chi connectivity index (χ1v) is 6.69. The van der Waals surface area contributed by atoms with Crippen LogP contribution in [-0.2, 0) is 4.79 Å². The number of carbonyl (C=O) groups excluding carboxylic acids is 1. The summed E-state index contributed by atoms with van der Waals surface area (Å²) in [5.41, 5.74) is 0. The van der Waals surface area contributed by atoms with Gasteiger partial charge < -0.3 is 4.90 Å². The highest BCUT2D eigenvalue weighted by Gasteiger charge is 2.24. The first-order valence-electron chi connectivity index (χ1n) is 6.69. The van der Waals surface area contributed by atoms with Gasteiger partial charge in [-0.1, -0.05) is 18.7 Å². The van der Waals surface area contributed by atoms with Crippen LogP contribution in [0.2, 0.25) is 0 Å². The van der Waals surface area contributed by atoms with Crippen molar-refractivity contribution in [2.24, 2.45) is 5.92 Å². The number of carbonyl (C=O) groups is 1. The van der Waals surface area contributed by atoms with Crippen LogP contribution in [0.4, 0.5) is 0 Å². The maximum atomic E-state index is 11.5. The third-order valence-electron chi connectivity index (χ3n) is 3.86. The molecule has 0 N–H and O–H groups in total. The predicted octanol–water partition coefficient (Wildman–Crippen LogP) is 3.55. The molecule has 0 atom stereocenters. The van der Waals surface area contributed by atoms with Crippen molar-refractivity contribution in [3.05, 3.63) is 24.8 Å². The minimum Gasteiger partial charge on any atom is -0.339 e. The van der Waals surface area contributed by atoms with Crippen molar-refractivity contribution in [2.45, 2.75) is 51.5 Å². The lowest BCUT2D eigenvalue weighted by Crippen LogP contribution is -2.38. The van der Waals surface area contributed by atoms with Gasteiger partial charge in [-0.05, 0) is 57.4 Å². The van der Waals surface area contributed by atoms with Crippen molar-refractivity contribution in [3.63, 3.8) is 0 Å². The molecule has 0 aromatic carbocycles. The lowest BCUT2D eigenvalue weighted by molar-refractivity contribution is -0.127. The highest BCUT2D eigenvalue weighted by Crippen LogP contribution is 2.30. The maximum absolute atomic E-state index is 11.5. The molecule has 0 spiro atoms. The zero-order chi connectivity index (χ0) is 12.7. The second-order valence-electron chi connectivity index (χ2n) is 4.97. The predicted molar refractivity (Wildman–Crippen MR) is 72.8 cm³/mol. The van der Waals surface area contributed by atoms with Gasteiger partial charge in [0, 0.05) is 13.1 Å². The van der Waals surface area contributed by atoms with E-state index in [1.165, 1.54) is 31.8 Å². The molecule has 1 rings (SSSR count). The minimum absolute atomic E-state index is 0.0577. The van der Waals surface area contributed by atoms with Crippen LogP contribution in [0.15, 0.2) is 24.8 Å². The average molecular weight is 235 g/mol. The molecule has 1 fully saturated rings. The maximum Gasteiger partial charge on any atom is 0.245 e. The smallest absolute Gasteiger partial charge is 0.245 e. The Balaban J connectivity index is 2.30. The fraction of sp³-hybridized carbons (Fsp3) is 0.667. The van der Waals surface area contributed by atoms with Crippen molar-refractivity contribution >= 4 is 5.91 Å². The summed E-state index contributed by atoms with van der Waals surface area (Å²) >= 11 is 0. The van der Waals surface area contributed by atoms with Crippen LogP contribution in [0, 0.1) is 5.92 Å². The second kappa shape index (κ2) is 7.31. The monoisotopic (exact) mass is 235 g/mol. The number of nitrogens with zero attached hydrogens (tertiary/aromatic N) is 1. The van der Waals surface area contributed by atoms with Crippen molar-refractivity contribution in [1.82, 2.24) is 4.90 Å². The molecule has 0 aromatic rings. The van der Waals surface area contributed by atoms with E-state index in [-0.39, 0.29) is 5.91 Å². The van der Waals surface area contributed by atoms with Gasteiger partial charge in [-0.2, -0.15) is 0 Å². The van der Waals surface area contributed by atoms with E-state index < -0.39 is 0 Å². The van der Waals surface area contributed by atoms with Crippen LogP contribution in [0.25, 0.3) is 0 Å². The Morgan fingerprint density at radius 3 is 2.53 bits per heavy atom. The molecule has 1 saturated carbocycles. The molecule has 1 amide bonds. The fourth-order valence-corrected chi connectivity index (χ4v) is 2.64. The zero-order valence-corrected chi connectivity index (χ0v) is 11.2. The van der Waals surface area contributed by atoms with Crippen LogP contribution >= 0.6 is 0 Å². The van der Waals surface area contributed by atoms with E-state index in [1.54, 1.807) is 0 Å². The topological polar surface area (TPSA) is 20.3 Å². The molecule has 0 heterocycles. The van der Waals surface area contributed by atoms with Crippen molar-refractivity contribution in [3.8, 4) is 0 Å². The molecule has 0 radical (unpaired) electrons. The van der Waals surface area contributed by atoms with E-state index in [1.807, 2.05) is 11.9 Å². The Bertz CT molecular complexity index is 275. The molecule has 17 heavy (non-hydrogen) atoms. The van der Waals surface area contributed by atoms with Gasteiger partial charge in [0.2, 0.25) is 5.91 Å². The number of amides is 1. The summed E-state index contributed by atoms with van der Waals surface area (Å²) in [6, 6.07) is 0.429. The third kappa shape index (κ3) is 4.37. The summed E-state index contributed by atoms with van der Waals surface area (Å²) in [5, 5.41) is 0. The fourth-order valence-electron chi connectivity index (χ4n) is 2.64. The van der Waals surface area contributed by atoms with Gasteiger partial charge in [-0.15, -0.1) is 0 Å². The SMILES string of the molecule is C=CC(=O)N(C)C1CCC(CC/C=C/C)CC1. The van der Waals surface area contributed by atoms with Crippen LogP contribution < -0.4 is 0 Å². The number of allylic oxidation sites excluding steroid dienone is 2. The third-order valence-corrected chi connectivity index (χ3v) is 3.86. The van der Waals surface area contributed by atoms with E-state index in [0.29, 0.717) is 6.04 Å². The van der Waals surface area contributed by atoms with E-state index in [4.69, 9.17) is 0 Å². The van der Waals surface area contributed by atoms with E-state index in [0.717, 1.165) is 18.8 Å². The molecule has 1 aliphatic carbocycles. The highest BCUT2D eigenvalue weighted by molar-refractivity contribution is 5.87. The molecule has 96 valence electrons.